The predicted octanol–water partition coefficient (Wildman–Crippen LogP) is 3.65. The van der Waals surface area contributed by atoms with Gasteiger partial charge in [0.2, 0.25) is 11.8 Å². The van der Waals surface area contributed by atoms with Crippen molar-refractivity contribution in [2.24, 2.45) is 5.92 Å². The van der Waals surface area contributed by atoms with Crippen LogP contribution in [0.5, 0.6) is 0 Å². The minimum absolute atomic E-state index is 0.0996. The third-order valence-corrected chi connectivity index (χ3v) is 4.70. The van der Waals surface area contributed by atoms with Gasteiger partial charge in [-0.15, -0.1) is 0 Å². The molecule has 0 bridgehead atoms. The molecule has 6 heteroatoms. The number of anilines is 2. The molecule has 0 unspecified atom stereocenters. The van der Waals surface area contributed by atoms with Crippen molar-refractivity contribution in [3.05, 3.63) is 59.7 Å². The maximum absolute atomic E-state index is 13.0. The number of benzene rings is 2. The van der Waals surface area contributed by atoms with Crippen LogP contribution in [0.1, 0.15) is 43.1 Å². The molecule has 1 atom stereocenters. The fourth-order valence-corrected chi connectivity index (χ4v) is 3.42. The minimum atomic E-state index is -0.546. The molecular weight excluding hydrogens is 354 g/mol. The molecule has 0 aliphatic carbocycles. The van der Waals surface area contributed by atoms with Gasteiger partial charge in [0, 0.05) is 30.4 Å². The molecule has 2 aromatic carbocycles. The average Bonchev–Trinajstić information content (AvgIpc) is 2.97. The number of hydrogen-bond donors (Lipinski definition) is 2. The average molecular weight is 379 g/mol. The summed E-state index contributed by atoms with van der Waals surface area (Å²) in [5.74, 6) is -0.199. The van der Waals surface area contributed by atoms with Crippen LogP contribution in [0.2, 0.25) is 0 Å². The van der Waals surface area contributed by atoms with E-state index >= 15 is 0 Å². The van der Waals surface area contributed by atoms with Gasteiger partial charge in [-0.1, -0.05) is 32.0 Å². The number of carbonyl (C=O) groups excluding carboxylic acids is 3. The molecule has 28 heavy (non-hydrogen) atoms. The van der Waals surface area contributed by atoms with E-state index in [1.807, 2.05) is 38.1 Å². The van der Waals surface area contributed by atoms with E-state index in [0.717, 1.165) is 5.56 Å². The number of rotatable bonds is 6. The van der Waals surface area contributed by atoms with Crippen LogP contribution in [0.4, 0.5) is 11.4 Å². The largest absolute Gasteiger partial charge is 0.326 e. The van der Waals surface area contributed by atoms with Crippen molar-refractivity contribution >= 4 is 29.1 Å². The zero-order valence-corrected chi connectivity index (χ0v) is 16.4. The van der Waals surface area contributed by atoms with Crippen molar-refractivity contribution in [2.75, 3.05) is 10.6 Å². The van der Waals surface area contributed by atoms with Crippen molar-refractivity contribution in [3.8, 4) is 0 Å². The summed E-state index contributed by atoms with van der Waals surface area (Å²) < 4.78 is 0. The minimum Gasteiger partial charge on any atom is -0.326 e. The topological polar surface area (TPSA) is 78.5 Å². The fourth-order valence-electron chi connectivity index (χ4n) is 3.42. The van der Waals surface area contributed by atoms with Gasteiger partial charge in [0.1, 0.15) is 6.04 Å². The molecule has 1 aliphatic rings. The van der Waals surface area contributed by atoms with Gasteiger partial charge in [0.25, 0.3) is 5.91 Å². The maximum atomic E-state index is 13.0. The quantitative estimate of drug-likeness (QED) is 0.804. The fraction of sp³-hybridized carbons (Fsp3) is 0.318. The summed E-state index contributed by atoms with van der Waals surface area (Å²) in [6, 6.07) is 13.9. The van der Waals surface area contributed by atoms with E-state index in [9.17, 15) is 14.4 Å². The van der Waals surface area contributed by atoms with E-state index in [2.05, 4.69) is 10.6 Å². The van der Waals surface area contributed by atoms with E-state index in [4.69, 9.17) is 0 Å². The van der Waals surface area contributed by atoms with Crippen LogP contribution in [0, 0.1) is 5.92 Å². The summed E-state index contributed by atoms with van der Waals surface area (Å²) in [7, 11) is 0. The standard InChI is InChI=1S/C22H25N3O3/c1-14(2)12-20(25-13-16-6-4-5-7-19(16)22(25)28)21(27)24-18-10-8-17(9-11-18)23-15(3)26/h4-11,14,20H,12-13H2,1-3H3,(H,23,26)(H,24,27)/t20-/m1/s1. The SMILES string of the molecule is CC(=O)Nc1ccc(NC(=O)[C@@H](CC(C)C)N2Cc3ccccc3C2=O)cc1. The van der Waals surface area contributed by atoms with Crippen molar-refractivity contribution in [1.29, 1.82) is 0 Å². The molecule has 0 aromatic heterocycles. The van der Waals surface area contributed by atoms with Gasteiger partial charge >= 0.3 is 0 Å². The Balaban J connectivity index is 1.76. The first kappa shape index (κ1) is 19.6. The molecule has 0 spiro atoms. The second-order valence-electron chi connectivity index (χ2n) is 7.48. The van der Waals surface area contributed by atoms with E-state index in [1.165, 1.54) is 6.92 Å². The van der Waals surface area contributed by atoms with Crippen molar-refractivity contribution in [1.82, 2.24) is 4.90 Å². The highest BCUT2D eigenvalue weighted by Crippen LogP contribution is 2.27. The molecule has 0 fully saturated rings. The summed E-state index contributed by atoms with van der Waals surface area (Å²) in [6.07, 6.45) is 0.579. The third kappa shape index (κ3) is 4.39. The Hall–Kier alpha value is -3.15. The van der Waals surface area contributed by atoms with Crippen molar-refractivity contribution in [2.45, 2.75) is 39.8 Å². The summed E-state index contributed by atoms with van der Waals surface area (Å²) >= 11 is 0. The van der Waals surface area contributed by atoms with E-state index < -0.39 is 6.04 Å². The molecule has 2 N–H and O–H groups in total. The smallest absolute Gasteiger partial charge is 0.255 e. The van der Waals surface area contributed by atoms with E-state index in [0.29, 0.717) is 29.9 Å². The molecule has 0 saturated heterocycles. The van der Waals surface area contributed by atoms with Gasteiger partial charge in [-0.3, -0.25) is 14.4 Å². The van der Waals surface area contributed by atoms with Crippen molar-refractivity contribution < 1.29 is 14.4 Å². The second kappa shape index (κ2) is 8.25. The van der Waals surface area contributed by atoms with Gasteiger partial charge < -0.3 is 15.5 Å². The Morgan fingerprint density at radius 1 is 1.00 bits per heavy atom. The molecule has 0 saturated carbocycles. The number of fused-ring (bicyclic) bond motifs is 1. The molecule has 2 aromatic rings. The van der Waals surface area contributed by atoms with Crippen LogP contribution in [0.25, 0.3) is 0 Å². The number of carbonyl (C=O) groups is 3. The normalized spacial score (nSPS) is 14.0. The number of nitrogens with one attached hydrogen (secondary N) is 2. The molecule has 6 nitrogen and oxygen atoms in total. The van der Waals surface area contributed by atoms with Crippen LogP contribution < -0.4 is 10.6 Å². The first-order chi connectivity index (χ1) is 13.3. The molecule has 3 rings (SSSR count). The summed E-state index contributed by atoms with van der Waals surface area (Å²) in [5.41, 5.74) is 2.91. The Bertz CT molecular complexity index is 890. The first-order valence-corrected chi connectivity index (χ1v) is 9.42. The van der Waals surface area contributed by atoms with Crippen LogP contribution in [-0.4, -0.2) is 28.7 Å². The Morgan fingerprint density at radius 3 is 2.18 bits per heavy atom. The van der Waals surface area contributed by atoms with Gasteiger partial charge in [-0.2, -0.15) is 0 Å². The predicted molar refractivity (Wildman–Crippen MR) is 109 cm³/mol. The molecule has 0 radical (unpaired) electrons. The third-order valence-electron chi connectivity index (χ3n) is 4.70. The van der Waals surface area contributed by atoms with Crippen LogP contribution >= 0.6 is 0 Å². The Morgan fingerprint density at radius 2 is 1.61 bits per heavy atom. The maximum Gasteiger partial charge on any atom is 0.255 e. The monoisotopic (exact) mass is 379 g/mol. The summed E-state index contributed by atoms with van der Waals surface area (Å²) in [6.45, 7) is 5.96. The molecular formula is C22H25N3O3. The lowest BCUT2D eigenvalue weighted by atomic mass is 10.0. The van der Waals surface area contributed by atoms with Crippen LogP contribution in [-0.2, 0) is 16.1 Å². The zero-order chi connectivity index (χ0) is 20.3. The van der Waals surface area contributed by atoms with Crippen LogP contribution in [0.3, 0.4) is 0 Å². The number of hydrogen-bond acceptors (Lipinski definition) is 3. The first-order valence-electron chi connectivity index (χ1n) is 9.42. The second-order valence-corrected chi connectivity index (χ2v) is 7.48. The highest BCUT2D eigenvalue weighted by Gasteiger charge is 2.36. The lowest BCUT2D eigenvalue weighted by Crippen LogP contribution is -2.45. The van der Waals surface area contributed by atoms with E-state index in [-0.39, 0.29) is 23.6 Å². The summed E-state index contributed by atoms with van der Waals surface area (Å²) in [4.78, 5) is 38.6. The van der Waals surface area contributed by atoms with Gasteiger partial charge in [0.05, 0.1) is 0 Å². The molecule has 146 valence electrons. The number of nitrogens with zero attached hydrogens (tertiary/aromatic N) is 1. The highest BCUT2D eigenvalue weighted by molar-refractivity contribution is 6.03. The van der Waals surface area contributed by atoms with E-state index in [1.54, 1.807) is 29.2 Å². The van der Waals surface area contributed by atoms with Gasteiger partial charge in [-0.25, -0.2) is 0 Å². The summed E-state index contributed by atoms with van der Waals surface area (Å²) in [5, 5.41) is 5.60. The zero-order valence-electron chi connectivity index (χ0n) is 16.4. The number of amides is 3. The van der Waals surface area contributed by atoms with Gasteiger partial charge in [-0.05, 0) is 48.2 Å². The Kier molecular flexibility index (Phi) is 5.78. The van der Waals surface area contributed by atoms with Crippen LogP contribution in [0.15, 0.2) is 48.5 Å². The lowest BCUT2D eigenvalue weighted by molar-refractivity contribution is -0.121. The highest BCUT2D eigenvalue weighted by atomic mass is 16.2. The molecule has 1 aliphatic heterocycles. The molecule has 1 heterocycles. The molecule has 3 amide bonds. The lowest BCUT2D eigenvalue weighted by Gasteiger charge is -2.28. The van der Waals surface area contributed by atoms with Gasteiger partial charge in [0.15, 0.2) is 0 Å². The Labute approximate surface area is 164 Å². The van der Waals surface area contributed by atoms with Crippen molar-refractivity contribution in [3.63, 3.8) is 0 Å².